The van der Waals surface area contributed by atoms with Gasteiger partial charge in [-0.25, -0.2) is 8.78 Å². The normalized spacial score (nSPS) is 16.2. The Morgan fingerprint density at radius 2 is 2.16 bits per heavy atom. The second-order valence-corrected chi connectivity index (χ2v) is 4.94. The summed E-state index contributed by atoms with van der Waals surface area (Å²) >= 11 is 0. The van der Waals surface area contributed by atoms with Crippen LogP contribution in [0.3, 0.4) is 0 Å². The van der Waals surface area contributed by atoms with Crippen LogP contribution in [0.4, 0.5) is 8.78 Å². The molecule has 104 valence electrons. The van der Waals surface area contributed by atoms with Gasteiger partial charge in [0.15, 0.2) is 0 Å². The van der Waals surface area contributed by atoms with Crippen LogP contribution in [0.1, 0.15) is 24.8 Å². The number of halogens is 2. The molecule has 0 spiro atoms. The summed E-state index contributed by atoms with van der Waals surface area (Å²) in [6.07, 6.45) is 2.40. The third-order valence-corrected chi connectivity index (χ3v) is 3.34. The SMILES string of the molecule is O=C(Cc1cc(F)ccc1F)NC(CCO)C1CC1. The zero-order valence-corrected chi connectivity index (χ0v) is 10.5. The number of carbonyl (C=O) groups is 1. The number of hydrogen-bond donors (Lipinski definition) is 2. The van der Waals surface area contributed by atoms with Crippen molar-refractivity contribution in [2.24, 2.45) is 5.92 Å². The van der Waals surface area contributed by atoms with Crippen molar-refractivity contribution < 1.29 is 18.7 Å². The van der Waals surface area contributed by atoms with Crippen LogP contribution in [0, 0.1) is 17.6 Å². The standard InChI is InChI=1S/C14H17F2NO2/c15-11-3-4-12(16)10(7-11)8-14(19)17-13(5-6-18)9-1-2-9/h3-4,7,9,13,18H,1-2,5-6,8H2,(H,17,19). The molecule has 1 amide bonds. The first-order chi connectivity index (χ1) is 9.10. The van der Waals surface area contributed by atoms with Crippen molar-refractivity contribution in [2.45, 2.75) is 31.7 Å². The summed E-state index contributed by atoms with van der Waals surface area (Å²) in [5.41, 5.74) is 0.0519. The molecule has 0 heterocycles. The number of amides is 1. The van der Waals surface area contributed by atoms with Crippen molar-refractivity contribution in [1.82, 2.24) is 5.32 Å². The monoisotopic (exact) mass is 269 g/mol. The molecular formula is C14H17F2NO2. The summed E-state index contributed by atoms with van der Waals surface area (Å²) in [5, 5.41) is 11.7. The van der Waals surface area contributed by atoms with Crippen molar-refractivity contribution in [1.29, 1.82) is 0 Å². The average Bonchev–Trinajstić information content (AvgIpc) is 3.17. The number of benzene rings is 1. The molecule has 1 aromatic carbocycles. The Morgan fingerprint density at radius 1 is 1.42 bits per heavy atom. The second-order valence-electron chi connectivity index (χ2n) is 4.94. The molecule has 0 aliphatic heterocycles. The van der Waals surface area contributed by atoms with Crippen LogP contribution in [0.5, 0.6) is 0 Å². The summed E-state index contributed by atoms with van der Waals surface area (Å²) in [7, 11) is 0. The Bertz CT molecular complexity index is 461. The van der Waals surface area contributed by atoms with E-state index in [1.165, 1.54) is 0 Å². The van der Waals surface area contributed by atoms with Gasteiger partial charge in [0.2, 0.25) is 5.91 Å². The fourth-order valence-electron chi connectivity index (χ4n) is 2.17. The molecule has 1 fully saturated rings. The first-order valence-corrected chi connectivity index (χ1v) is 6.44. The van der Waals surface area contributed by atoms with E-state index in [2.05, 4.69) is 5.32 Å². The van der Waals surface area contributed by atoms with E-state index in [-0.39, 0.29) is 30.5 Å². The van der Waals surface area contributed by atoms with Gasteiger partial charge in [-0.15, -0.1) is 0 Å². The van der Waals surface area contributed by atoms with Gasteiger partial charge in [0, 0.05) is 18.2 Å². The Hall–Kier alpha value is -1.49. The third-order valence-electron chi connectivity index (χ3n) is 3.34. The van der Waals surface area contributed by atoms with Gasteiger partial charge in [-0.3, -0.25) is 4.79 Å². The molecule has 1 aliphatic carbocycles. The van der Waals surface area contributed by atoms with Crippen LogP contribution in [0.25, 0.3) is 0 Å². The van der Waals surface area contributed by atoms with Gasteiger partial charge in [0.1, 0.15) is 11.6 Å². The Balaban J connectivity index is 1.94. The highest BCUT2D eigenvalue weighted by Crippen LogP contribution is 2.33. The molecule has 2 N–H and O–H groups in total. The van der Waals surface area contributed by atoms with Crippen molar-refractivity contribution >= 4 is 5.91 Å². The quantitative estimate of drug-likeness (QED) is 0.827. The first kappa shape index (κ1) is 13.9. The smallest absolute Gasteiger partial charge is 0.224 e. The van der Waals surface area contributed by atoms with E-state index in [9.17, 15) is 13.6 Å². The molecular weight excluding hydrogens is 252 g/mol. The lowest BCUT2D eigenvalue weighted by atomic mass is 10.1. The van der Waals surface area contributed by atoms with Gasteiger partial charge in [-0.1, -0.05) is 0 Å². The Labute approximate surface area is 110 Å². The number of carbonyl (C=O) groups excluding carboxylic acids is 1. The van der Waals surface area contributed by atoms with Crippen LogP contribution in [0.2, 0.25) is 0 Å². The third kappa shape index (κ3) is 3.99. The molecule has 1 atom stereocenters. The maximum absolute atomic E-state index is 13.4. The molecule has 0 saturated heterocycles. The number of aliphatic hydroxyl groups is 1. The lowest BCUT2D eigenvalue weighted by Crippen LogP contribution is -2.38. The summed E-state index contributed by atoms with van der Waals surface area (Å²) in [5.74, 6) is -1.07. The lowest BCUT2D eigenvalue weighted by molar-refractivity contribution is -0.121. The molecule has 19 heavy (non-hydrogen) atoms. The fraction of sp³-hybridized carbons (Fsp3) is 0.500. The van der Waals surface area contributed by atoms with E-state index in [1.807, 2.05) is 0 Å². The van der Waals surface area contributed by atoms with Gasteiger partial charge in [-0.2, -0.15) is 0 Å². The van der Waals surface area contributed by atoms with Gasteiger partial charge in [-0.05, 0) is 43.4 Å². The minimum absolute atomic E-state index is 0.00970. The Kier molecular flexibility index (Phi) is 4.47. The molecule has 2 rings (SSSR count). The van der Waals surface area contributed by atoms with E-state index in [0.717, 1.165) is 31.0 Å². The Morgan fingerprint density at radius 3 is 2.79 bits per heavy atom. The minimum Gasteiger partial charge on any atom is -0.396 e. The molecule has 0 radical (unpaired) electrons. The topological polar surface area (TPSA) is 49.3 Å². The van der Waals surface area contributed by atoms with Gasteiger partial charge in [0.25, 0.3) is 0 Å². The zero-order valence-electron chi connectivity index (χ0n) is 10.5. The van der Waals surface area contributed by atoms with Crippen LogP contribution in [0.15, 0.2) is 18.2 Å². The summed E-state index contributed by atoms with van der Waals surface area (Å²) in [6.45, 7) is 0.00970. The molecule has 0 aromatic heterocycles. The van der Waals surface area contributed by atoms with Gasteiger partial charge < -0.3 is 10.4 Å². The number of hydrogen-bond acceptors (Lipinski definition) is 2. The van der Waals surface area contributed by atoms with Crippen molar-refractivity contribution in [3.63, 3.8) is 0 Å². The molecule has 1 saturated carbocycles. The van der Waals surface area contributed by atoms with Crippen molar-refractivity contribution in [2.75, 3.05) is 6.61 Å². The van der Waals surface area contributed by atoms with E-state index in [0.29, 0.717) is 12.3 Å². The molecule has 5 heteroatoms. The minimum atomic E-state index is -0.582. The highest BCUT2D eigenvalue weighted by Gasteiger charge is 2.31. The lowest BCUT2D eigenvalue weighted by Gasteiger charge is -2.17. The predicted molar refractivity (Wildman–Crippen MR) is 66.4 cm³/mol. The first-order valence-electron chi connectivity index (χ1n) is 6.44. The van der Waals surface area contributed by atoms with Crippen LogP contribution < -0.4 is 5.32 Å². The molecule has 0 bridgehead atoms. The van der Waals surface area contributed by atoms with E-state index in [1.54, 1.807) is 0 Å². The summed E-state index contributed by atoms with van der Waals surface area (Å²) in [6, 6.07) is 3.02. The molecule has 1 unspecified atom stereocenters. The highest BCUT2D eigenvalue weighted by molar-refractivity contribution is 5.79. The predicted octanol–water partition coefficient (Wildman–Crippen LogP) is 1.78. The van der Waals surface area contributed by atoms with E-state index >= 15 is 0 Å². The fourth-order valence-corrected chi connectivity index (χ4v) is 2.17. The zero-order chi connectivity index (χ0) is 13.8. The summed E-state index contributed by atoms with van der Waals surface area (Å²) in [4.78, 5) is 11.8. The van der Waals surface area contributed by atoms with E-state index in [4.69, 9.17) is 5.11 Å². The number of rotatable bonds is 6. The number of nitrogens with one attached hydrogen (secondary N) is 1. The van der Waals surface area contributed by atoms with Crippen LogP contribution >= 0.6 is 0 Å². The second kappa shape index (κ2) is 6.10. The molecule has 3 nitrogen and oxygen atoms in total. The highest BCUT2D eigenvalue weighted by atomic mass is 19.1. The number of aliphatic hydroxyl groups excluding tert-OH is 1. The maximum Gasteiger partial charge on any atom is 0.224 e. The average molecular weight is 269 g/mol. The molecule has 1 aliphatic rings. The van der Waals surface area contributed by atoms with Crippen LogP contribution in [-0.2, 0) is 11.2 Å². The summed E-state index contributed by atoms with van der Waals surface area (Å²) < 4.78 is 26.4. The largest absolute Gasteiger partial charge is 0.396 e. The molecule has 1 aromatic rings. The van der Waals surface area contributed by atoms with Gasteiger partial charge in [0.05, 0.1) is 6.42 Å². The maximum atomic E-state index is 13.4. The van der Waals surface area contributed by atoms with Crippen molar-refractivity contribution in [3.8, 4) is 0 Å². The van der Waals surface area contributed by atoms with Gasteiger partial charge >= 0.3 is 0 Å². The van der Waals surface area contributed by atoms with Crippen molar-refractivity contribution in [3.05, 3.63) is 35.4 Å². The van der Waals surface area contributed by atoms with E-state index < -0.39 is 11.6 Å². The van der Waals surface area contributed by atoms with Crippen LogP contribution in [-0.4, -0.2) is 23.7 Å².